The number of para-hydroxylation sites is 1. The summed E-state index contributed by atoms with van der Waals surface area (Å²) in [6.07, 6.45) is 1.73. The second-order valence-electron chi connectivity index (χ2n) is 5.88. The summed E-state index contributed by atoms with van der Waals surface area (Å²) < 4.78 is 12.5. The predicted octanol–water partition coefficient (Wildman–Crippen LogP) is 2.66. The molecule has 2 amide bonds. The van der Waals surface area contributed by atoms with Crippen LogP contribution in [0.4, 0.5) is 0 Å². The molecule has 0 saturated carbocycles. The maximum absolute atomic E-state index is 12.5. The van der Waals surface area contributed by atoms with Gasteiger partial charge in [0, 0.05) is 29.7 Å². The molecule has 0 atom stereocenters. The second kappa shape index (κ2) is 7.82. The van der Waals surface area contributed by atoms with Gasteiger partial charge in [-0.25, -0.2) is 0 Å². The third-order valence-electron chi connectivity index (χ3n) is 4.16. The van der Waals surface area contributed by atoms with Crippen LogP contribution in [0.5, 0.6) is 11.5 Å². The number of fused-ring (bicyclic) bond motifs is 1. The van der Waals surface area contributed by atoms with Gasteiger partial charge in [-0.2, -0.15) is 0 Å². The van der Waals surface area contributed by atoms with E-state index in [1.165, 1.54) is 7.11 Å². The van der Waals surface area contributed by atoms with Crippen molar-refractivity contribution in [3.05, 3.63) is 59.8 Å². The van der Waals surface area contributed by atoms with Crippen molar-refractivity contribution < 1.29 is 19.1 Å². The van der Waals surface area contributed by atoms with Gasteiger partial charge in [-0.15, -0.1) is 0 Å². The van der Waals surface area contributed by atoms with Gasteiger partial charge in [-0.3, -0.25) is 20.4 Å². The molecule has 3 rings (SSSR count). The van der Waals surface area contributed by atoms with Crippen molar-refractivity contribution in [2.45, 2.75) is 6.92 Å². The number of nitrogens with one attached hydrogen (secondary N) is 2. The van der Waals surface area contributed by atoms with Gasteiger partial charge < -0.3 is 14.0 Å². The van der Waals surface area contributed by atoms with Gasteiger partial charge in [0.1, 0.15) is 0 Å². The van der Waals surface area contributed by atoms with Crippen molar-refractivity contribution in [1.29, 1.82) is 0 Å². The van der Waals surface area contributed by atoms with Gasteiger partial charge in [0.05, 0.1) is 19.3 Å². The molecule has 2 N–H and O–H groups in total. The first-order valence-electron chi connectivity index (χ1n) is 8.50. The first-order valence-corrected chi connectivity index (χ1v) is 8.50. The third-order valence-corrected chi connectivity index (χ3v) is 4.16. The molecule has 0 spiro atoms. The Balaban J connectivity index is 1.73. The molecule has 0 aliphatic heterocycles. The van der Waals surface area contributed by atoms with Gasteiger partial charge >= 0.3 is 0 Å². The van der Waals surface area contributed by atoms with Crippen LogP contribution in [0.15, 0.2) is 48.7 Å². The first-order chi connectivity index (χ1) is 13.0. The van der Waals surface area contributed by atoms with Crippen molar-refractivity contribution in [3.8, 4) is 11.5 Å². The van der Waals surface area contributed by atoms with Crippen LogP contribution in [0.2, 0.25) is 0 Å². The maximum atomic E-state index is 12.5. The number of methoxy groups -OCH3 is 1. The zero-order valence-electron chi connectivity index (χ0n) is 15.4. The molecular weight excluding hydrogens is 346 g/mol. The zero-order chi connectivity index (χ0) is 19.4. The quantitative estimate of drug-likeness (QED) is 0.680. The SMILES string of the molecule is CCOc1cc(C(=O)NNC(=O)c2cn(C)c3ccccc23)ccc1OC. The number of nitrogens with zero attached hydrogens (tertiary/aromatic N) is 1. The third kappa shape index (κ3) is 3.72. The Hall–Kier alpha value is -3.48. The Labute approximate surface area is 156 Å². The fourth-order valence-corrected chi connectivity index (χ4v) is 2.86. The van der Waals surface area contributed by atoms with Gasteiger partial charge in [-0.05, 0) is 31.2 Å². The Morgan fingerprint density at radius 3 is 2.52 bits per heavy atom. The van der Waals surface area contributed by atoms with Crippen molar-refractivity contribution in [3.63, 3.8) is 0 Å². The van der Waals surface area contributed by atoms with Gasteiger partial charge in [0.2, 0.25) is 0 Å². The maximum Gasteiger partial charge on any atom is 0.271 e. The van der Waals surface area contributed by atoms with E-state index in [-0.39, 0.29) is 0 Å². The molecule has 0 radical (unpaired) electrons. The fourth-order valence-electron chi connectivity index (χ4n) is 2.86. The molecule has 0 saturated heterocycles. The molecule has 7 heteroatoms. The molecule has 0 unspecified atom stereocenters. The van der Waals surface area contributed by atoms with E-state index in [1.807, 2.05) is 42.8 Å². The van der Waals surface area contributed by atoms with E-state index in [0.717, 1.165) is 10.9 Å². The molecule has 0 aliphatic carbocycles. The highest BCUT2D eigenvalue weighted by atomic mass is 16.5. The number of hydrogen-bond donors (Lipinski definition) is 2. The van der Waals surface area contributed by atoms with Crippen LogP contribution in [-0.2, 0) is 7.05 Å². The normalized spacial score (nSPS) is 10.5. The molecule has 0 bridgehead atoms. The first kappa shape index (κ1) is 18.3. The summed E-state index contributed by atoms with van der Waals surface area (Å²) in [5, 5.41) is 0.815. The smallest absolute Gasteiger partial charge is 0.271 e. The van der Waals surface area contributed by atoms with E-state index in [4.69, 9.17) is 9.47 Å². The molecule has 3 aromatic rings. The number of aryl methyl sites for hydroxylation is 1. The van der Waals surface area contributed by atoms with Crippen LogP contribution in [0, 0.1) is 0 Å². The Kier molecular flexibility index (Phi) is 5.30. The molecule has 0 aliphatic rings. The lowest BCUT2D eigenvalue weighted by atomic mass is 10.1. The number of hydrogen-bond acceptors (Lipinski definition) is 4. The number of hydrazine groups is 1. The van der Waals surface area contributed by atoms with E-state index in [9.17, 15) is 9.59 Å². The van der Waals surface area contributed by atoms with Crippen LogP contribution in [0.3, 0.4) is 0 Å². The standard InChI is InChI=1S/C20H21N3O4/c1-4-27-18-11-13(9-10-17(18)26-3)19(24)21-22-20(25)15-12-23(2)16-8-6-5-7-14(15)16/h5-12H,4H2,1-3H3,(H,21,24)(H,22,25). The molecule has 7 nitrogen and oxygen atoms in total. The largest absolute Gasteiger partial charge is 0.493 e. The minimum Gasteiger partial charge on any atom is -0.493 e. The van der Waals surface area contributed by atoms with E-state index in [2.05, 4.69) is 10.9 Å². The van der Waals surface area contributed by atoms with E-state index < -0.39 is 11.8 Å². The molecular formula is C20H21N3O4. The molecule has 2 aromatic carbocycles. The molecule has 0 fully saturated rings. The number of rotatable bonds is 5. The lowest BCUT2D eigenvalue weighted by Crippen LogP contribution is -2.41. The van der Waals surface area contributed by atoms with Crippen molar-refractivity contribution in [2.24, 2.45) is 7.05 Å². The monoisotopic (exact) mass is 367 g/mol. The van der Waals surface area contributed by atoms with E-state index in [0.29, 0.717) is 29.2 Å². The summed E-state index contributed by atoms with van der Waals surface area (Å²) in [6, 6.07) is 12.4. The fraction of sp³-hybridized carbons (Fsp3) is 0.200. The highest BCUT2D eigenvalue weighted by molar-refractivity contribution is 6.08. The summed E-state index contributed by atoms with van der Waals surface area (Å²) in [5.74, 6) is 0.159. The van der Waals surface area contributed by atoms with Crippen LogP contribution < -0.4 is 20.3 Å². The average molecular weight is 367 g/mol. The lowest BCUT2D eigenvalue weighted by molar-refractivity contribution is 0.0847. The highest BCUT2D eigenvalue weighted by Crippen LogP contribution is 2.28. The van der Waals surface area contributed by atoms with Crippen LogP contribution >= 0.6 is 0 Å². The predicted molar refractivity (Wildman–Crippen MR) is 102 cm³/mol. The minimum absolute atomic E-state index is 0.345. The summed E-state index contributed by atoms with van der Waals surface area (Å²) in [4.78, 5) is 24.9. The number of carbonyl (C=O) groups excluding carboxylic acids is 2. The number of benzene rings is 2. The second-order valence-corrected chi connectivity index (χ2v) is 5.88. The van der Waals surface area contributed by atoms with Gasteiger partial charge in [-0.1, -0.05) is 18.2 Å². The van der Waals surface area contributed by atoms with Crippen LogP contribution in [0.25, 0.3) is 10.9 Å². The number of amides is 2. The van der Waals surface area contributed by atoms with Crippen LogP contribution in [-0.4, -0.2) is 30.1 Å². The number of aromatic nitrogens is 1. The van der Waals surface area contributed by atoms with E-state index >= 15 is 0 Å². The topological polar surface area (TPSA) is 81.6 Å². The molecule has 1 heterocycles. The Morgan fingerprint density at radius 1 is 1.04 bits per heavy atom. The summed E-state index contributed by atoms with van der Waals surface area (Å²) >= 11 is 0. The summed E-state index contributed by atoms with van der Waals surface area (Å²) in [7, 11) is 3.40. The minimum atomic E-state index is -0.452. The van der Waals surface area contributed by atoms with Crippen LogP contribution in [0.1, 0.15) is 27.6 Å². The zero-order valence-corrected chi connectivity index (χ0v) is 15.4. The summed E-state index contributed by atoms with van der Waals surface area (Å²) in [5.41, 5.74) is 6.66. The molecule has 140 valence electrons. The number of ether oxygens (including phenoxy) is 2. The highest BCUT2D eigenvalue weighted by Gasteiger charge is 2.16. The average Bonchev–Trinajstić information content (AvgIpc) is 3.03. The van der Waals surface area contributed by atoms with Crippen molar-refractivity contribution >= 4 is 22.7 Å². The van der Waals surface area contributed by atoms with Gasteiger partial charge in [0.25, 0.3) is 11.8 Å². The molecule has 27 heavy (non-hydrogen) atoms. The molecule has 1 aromatic heterocycles. The Morgan fingerprint density at radius 2 is 1.78 bits per heavy atom. The summed E-state index contributed by atoms with van der Waals surface area (Å²) in [6.45, 7) is 2.29. The van der Waals surface area contributed by atoms with Crippen molar-refractivity contribution in [2.75, 3.05) is 13.7 Å². The Bertz CT molecular complexity index is 994. The van der Waals surface area contributed by atoms with Gasteiger partial charge in [0.15, 0.2) is 11.5 Å². The van der Waals surface area contributed by atoms with Crippen molar-refractivity contribution in [1.82, 2.24) is 15.4 Å². The lowest BCUT2D eigenvalue weighted by Gasteiger charge is -2.11. The number of carbonyl (C=O) groups is 2. The van der Waals surface area contributed by atoms with E-state index in [1.54, 1.807) is 24.4 Å².